The molecule has 0 spiro atoms. The van der Waals surface area contributed by atoms with Crippen molar-refractivity contribution in [2.24, 2.45) is 5.41 Å². The Labute approximate surface area is 86.0 Å². The Hall–Kier alpha value is -0.610. The van der Waals surface area contributed by atoms with Crippen LogP contribution in [0.4, 0.5) is 0 Å². The van der Waals surface area contributed by atoms with E-state index >= 15 is 0 Å². The lowest BCUT2D eigenvalue weighted by Crippen LogP contribution is -2.41. The molecule has 0 heterocycles. The lowest BCUT2D eigenvalue weighted by atomic mass is 9.94. The highest BCUT2D eigenvalue weighted by atomic mass is 16.5. The standard InChI is InChI=1S/C10H21NO3/c1-5-14-7-6-11-9(12)10(2,3)8-13-4/h5-8H2,1-4H3,(H,11,12). The van der Waals surface area contributed by atoms with Crippen LogP contribution in [0.15, 0.2) is 0 Å². The van der Waals surface area contributed by atoms with Gasteiger partial charge in [0, 0.05) is 20.3 Å². The summed E-state index contributed by atoms with van der Waals surface area (Å²) in [5, 5.41) is 2.80. The number of methoxy groups -OCH3 is 1. The highest BCUT2D eigenvalue weighted by molar-refractivity contribution is 5.81. The molecule has 0 aromatic rings. The van der Waals surface area contributed by atoms with Gasteiger partial charge in [0.25, 0.3) is 0 Å². The number of amides is 1. The van der Waals surface area contributed by atoms with Crippen molar-refractivity contribution < 1.29 is 14.3 Å². The van der Waals surface area contributed by atoms with Gasteiger partial charge < -0.3 is 14.8 Å². The van der Waals surface area contributed by atoms with Crippen molar-refractivity contribution in [2.75, 3.05) is 33.5 Å². The van der Waals surface area contributed by atoms with Crippen LogP contribution in [0.1, 0.15) is 20.8 Å². The molecule has 0 aliphatic heterocycles. The second-order valence-corrected chi connectivity index (χ2v) is 3.77. The molecule has 14 heavy (non-hydrogen) atoms. The van der Waals surface area contributed by atoms with Crippen molar-refractivity contribution in [1.82, 2.24) is 5.32 Å². The van der Waals surface area contributed by atoms with Gasteiger partial charge in [0.1, 0.15) is 0 Å². The molecule has 1 N–H and O–H groups in total. The zero-order chi connectivity index (χ0) is 11.0. The van der Waals surface area contributed by atoms with E-state index in [4.69, 9.17) is 9.47 Å². The zero-order valence-electron chi connectivity index (χ0n) is 9.55. The summed E-state index contributed by atoms with van der Waals surface area (Å²) in [6.07, 6.45) is 0. The predicted molar refractivity (Wildman–Crippen MR) is 55.2 cm³/mol. The van der Waals surface area contributed by atoms with E-state index in [1.165, 1.54) is 0 Å². The van der Waals surface area contributed by atoms with Crippen LogP contribution < -0.4 is 5.32 Å². The van der Waals surface area contributed by atoms with Gasteiger partial charge in [0.2, 0.25) is 5.91 Å². The summed E-state index contributed by atoms with van der Waals surface area (Å²) in [6.45, 7) is 7.85. The van der Waals surface area contributed by atoms with Gasteiger partial charge in [-0.1, -0.05) is 0 Å². The number of carbonyl (C=O) groups is 1. The average Bonchev–Trinajstić information content (AvgIpc) is 2.12. The van der Waals surface area contributed by atoms with E-state index in [9.17, 15) is 4.79 Å². The van der Waals surface area contributed by atoms with Crippen LogP contribution in [0.3, 0.4) is 0 Å². The summed E-state index contributed by atoms with van der Waals surface area (Å²) in [5.74, 6) is -0.000877. The monoisotopic (exact) mass is 203 g/mol. The molecule has 0 radical (unpaired) electrons. The van der Waals surface area contributed by atoms with Crippen LogP contribution in [0.5, 0.6) is 0 Å². The molecule has 4 nitrogen and oxygen atoms in total. The quantitative estimate of drug-likeness (QED) is 0.623. The number of rotatable bonds is 7. The molecule has 0 saturated heterocycles. The van der Waals surface area contributed by atoms with Crippen LogP contribution in [-0.4, -0.2) is 39.4 Å². The molecule has 84 valence electrons. The molecular formula is C10H21NO3. The van der Waals surface area contributed by atoms with E-state index in [-0.39, 0.29) is 5.91 Å². The summed E-state index contributed by atoms with van der Waals surface area (Å²) in [5.41, 5.74) is -0.471. The molecule has 0 atom stereocenters. The number of ether oxygens (including phenoxy) is 2. The van der Waals surface area contributed by atoms with Crippen LogP contribution in [-0.2, 0) is 14.3 Å². The van der Waals surface area contributed by atoms with E-state index < -0.39 is 5.41 Å². The first kappa shape index (κ1) is 13.4. The van der Waals surface area contributed by atoms with Gasteiger partial charge >= 0.3 is 0 Å². The average molecular weight is 203 g/mol. The first-order valence-electron chi connectivity index (χ1n) is 4.89. The molecule has 1 amide bonds. The zero-order valence-corrected chi connectivity index (χ0v) is 9.55. The van der Waals surface area contributed by atoms with Gasteiger partial charge in [0.05, 0.1) is 18.6 Å². The molecular weight excluding hydrogens is 182 g/mol. The normalized spacial score (nSPS) is 11.4. The molecule has 0 saturated carbocycles. The SMILES string of the molecule is CCOCCNC(=O)C(C)(C)COC. The van der Waals surface area contributed by atoms with Crippen LogP contribution in [0.2, 0.25) is 0 Å². The van der Waals surface area contributed by atoms with Gasteiger partial charge in [-0.2, -0.15) is 0 Å². The maximum absolute atomic E-state index is 11.6. The van der Waals surface area contributed by atoms with Crippen LogP contribution >= 0.6 is 0 Å². The van der Waals surface area contributed by atoms with Crippen molar-refractivity contribution in [2.45, 2.75) is 20.8 Å². The second-order valence-electron chi connectivity index (χ2n) is 3.77. The Kier molecular flexibility index (Phi) is 6.49. The summed E-state index contributed by atoms with van der Waals surface area (Å²) < 4.78 is 10.1. The highest BCUT2D eigenvalue weighted by Crippen LogP contribution is 2.14. The molecule has 0 aliphatic carbocycles. The van der Waals surface area contributed by atoms with Gasteiger partial charge in [-0.05, 0) is 20.8 Å². The van der Waals surface area contributed by atoms with Crippen molar-refractivity contribution in [3.63, 3.8) is 0 Å². The third-order valence-electron chi connectivity index (χ3n) is 1.86. The minimum Gasteiger partial charge on any atom is -0.384 e. The molecule has 0 aliphatic rings. The Morgan fingerprint density at radius 1 is 1.43 bits per heavy atom. The Morgan fingerprint density at radius 2 is 2.07 bits per heavy atom. The maximum atomic E-state index is 11.6. The lowest BCUT2D eigenvalue weighted by Gasteiger charge is -2.22. The van der Waals surface area contributed by atoms with E-state index in [0.29, 0.717) is 26.4 Å². The first-order chi connectivity index (χ1) is 6.54. The molecule has 4 heteroatoms. The van der Waals surface area contributed by atoms with E-state index in [1.54, 1.807) is 7.11 Å². The van der Waals surface area contributed by atoms with Crippen LogP contribution in [0.25, 0.3) is 0 Å². The third-order valence-corrected chi connectivity index (χ3v) is 1.86. The summed E-state index contributed by atoms with van der Waals surface area (Å²) >= 11 is 0. The fourth-order valence-corrected chi connectivity index (χ4v) is 1.05. The maximum Gasteiger partial charge on any atom is 0.228 e. The number of hydrogen-bond acceptors (Lipinski definition) is 3. The molecule has 0 rings (SSSR count). The minimum absolute atomic E-state index is 0.000877. The van der Waals surface area contributed by atoms with Crippen molar-refractivity contribution in [3.8, 4) is 0 Å². The summed E-state index contributed by atoms with van der Waals surface area (Å²) in [6, 6.07) is 0. The first-order valence-corrected chi connectivity index (χ1v) is 4.89. The van der Waals surface area contributed by atoms with Crippen LogP contribution in [0, 0.1) is 5.41 Å². The van der Waals surface area contributed by atoms with Gasteiger partial charge in [-0.25, -0.2) is 0 Å². The van der Waals surface area contributed by atoms with Crippen molar-refractivity contribution >= 4 is 5.91 Å². The lowest BCUT2D eigenvalue weighted by molar-refractivity contribution is -0.132. The van der Waals surface area contributed by atoms with Gasteiger partial charge in [-0.15, -0.1) is 0 Å². The third kappa shape index (κ3) is 5.19. The fraction of sp³-hybridized carbons (Fsp3) is 0.900. The largest absolute Gasteiger partial charge is 0.384 e. The molecule has 0 fully saturated rings. The van der Waals surface area contributed by atoms with E-state index in [1.807, 2.05) is 20.8 Å². The number of hydrogen-bond donors (Lipinski definition) is 1. The van der Waals surface area contributed by atoms with E-state index in [2.05, 4.69) is 5.32 Å². The Bertz CT molecular complexity index is 169. The highest BCUT2D eigenvalue weighted by Gasteiger charge is 2.26. The molecule has 0 bridgehead atoms. The van der Waals surface area contributed by atoms with Crippen molar-refractivity contribution in [1.29, 1.82) is 0 Å². The van der Waals surface area contributed by atoms with Gasteiger partial charge in [0.15, 0.2) is 0 Å². The topological polar surface area (TPSA) is 47.6 Å². The predicted octanol–water partition coefficient (Wildman–Crippen LogP) is 0.812. The summed E-state index contributed by atoms with van der Waals surface area (Å²) in [4.78, 5) is 11.6. The van der Waals surface area contributed by atoms with Gasteiger partial charge in [-0.3, -0.25) is 4.79 Å². The Morgan fingerprint density at radius 3 is 2.57 bits per heavy atom. The molecule has 0 aromatic heterocycles. The smallest absolute Gasteiger partial charge is 0.228 e. The second kappa shape index (κ2) is 6.79. The van der Waals surface area contributed by atoms with E-state index in [0.717, 1.165) is 0 Å². The minimum atomic E-state index is -0.471. The Balaban J connectivity index is 3.71. The number of carbonyl (C=O) groups excluding carboxylic acids is 1. The molecule has 0 unspecified atom stereocenters. The number of nitrogens with one attached hydrogen (secondary N) is 1. The van der Waals surface area contributed by atoms with Crippen molar-refractivity contribution in [3.05, 3.63) is 0 Å². The molecule has 0 aromatic carbocycles. The fourth-order valence-electron chi connectivity index (χ4n) is 1.05. The summed E-state index contributed by atoms with van der Waals surface area (Å²) in [7, 11) is 1.59.